The average Bonchev–Trinajstić information content (AvgIpc) is 3.26. The van der Waals surface area contributed by atoms with Crippen molar-refractivity contribution in [1.29, 1.82) is 0 Å². The minimum atomic E-state index is -2.96. The van der Waals surface area contributed by atoms with Crippen molar-refractivity contribution in [3.63, 3.8) is 0 Å². The lowest BCUT2D eigenvalue weighted by molar-refractivity contribution is -0.134. The van der Waals surface area contributed by atoms with Crippen molar-refractivity contribution in [1.82, 2.24) is 9.80 Å². The van der Waals surface area contributed by atoms with Gasteiger partial charge in [-0.25, -0.2) is 12.8 Å². The number of hydrogen-bond donors (Lipinski definition) is 0. The number of halogens is 1. The minimum Gasteiger partial charge on any atom is -0.338 e. The first kappa shape index (κ1) is 20.3. The van der Waals surface area contributed by atoms with Crippen LogP contribution in [0.15, 0.2) is 24.3 Å². The van der Waals surface area contributed by atoms with Gasteiger partial charge in [0.25, 0.3) is 0 Å². The fourth-order valence-electron chi connectivity index (χ4n) is 4.18. The molecule has 0 bridgehead atoms. The van der Waals surface area contributed by atoms with Gasteiger partial charge in [0.05, 0.1) is 18.1 Å². The van der Waals surface area contributed by atoms with Crippen molar-refractivity contribution in [2.24, 2.45) is 0 Å². The third kappa shape index (κ3) is 5.51. The zero-order chi connectivity index (χ0) is 19.4. The Morgan fingerprint density at radius 3 is 2.37 bits per heavy atom. The SMILES string of the molecule is CN(CC(=O)N(CCc1ccc(F)cc1)C1CCCC1)C1CCS(=O)(=O)C1. The molecule has 27 heavy (non-hydrogen) atoms. The maximum absolute atomic E-state index is 13.1. The fourth-order valence-corrected chi connectivity index (χ4v) is 5.99. The van der Waals surface area contributed by atoms with E-state index in [9.17, 15) is 17.6 Å². The zero-order valence-electron chi connectivity index (χ0n) is 15.9. The van der Waals surface area contributed by atoms with Gasteiger partial charge in [-0.05, 0) is 50.4 Å². The molecule has 1 unspecified atom stereocenters. The predicted molar refractivity (Wildman–Crippen MR) is 104 cm³/mol. The van der Waals surface area contributed by atoms with Crippen LogP contribution >= 0.6 is 0 Å². The molecular formula is C20H29FN2O3S. The first-order chi connectivity index (χ1) is 12.8. The number of hydrogen-bond acceptors (Lipinski definition) is 4. The summed E-state index contributed by atoms with van der Waals surface area (Å²) in [6.45, 7) is 0.867. The molecule has 1 aliphatic heterocycles. The Bertz CT molecular complexity index is 745. The van der Waals surface area contributed by atoms with E-state index < -0.39 is 9.84 Å². The summed E-state index contributed by atoms with van der Waals surface area (Å²) in [6, 6.07) is 6.63. The molecule has 2 fully saturated rings. The van der Waals surface area contributed by atoms with E-state index in [-0.39, 0.29) is 41.9 Å². The van der Waals surface area contributed by atoms with E-state index in [1.807, 2.05) is 16.8 Å². The Hall–Kier alpha value is -1.47. The smallest absolute Gasteiger partial charge is 0.237 e. The summed E-state index contributed by atoms with van der Waals surface area (Å²) in [4.78, 5) is 16.9. The Balaban J connectivity index is 1.61. The molecule has 1 aliphatic carbocycles. The van der Waals surface area contributed by atoms with Gasteiger partial charge in [0.15, 0.2) is 9.84 Å². The van der Waals surface area contributed by atoms with E-state index >= 15 is 0 Å². The van der Waals surface area contributed by atoms with Crippen LogP contribution in [0.1, 0.15) is 37.7 Å². The molecule has 1 atom stereocenters. The van der Waals surface area contributed by atoms with Gasteiger partial charge in [-0.15, -0.1) is 0 Å². The second-order valence-electron chi connectivity index (χ2n) is 7.87. The topological polar surface area (TPSA) is 57.7 Å². The molecule has 0 spiro atoms. The fraction of sp³-hybridized carbons (Fsp3) is 0.650. The molecule has 3 rings (SSSR count). The normalized spacial score (nSPS) is 22.4. The molecular weight excluding hydrogens is 367 g/mol. The van der Waals surface area contributed by atoms with Gasteiger partial charge in [0.2, 0.25) is 5.91 Å². The van der Waals surface area contributed by atoms with E-state index in [4.69, 9.17) is 0 Å². The molecule has 2 aliphatic rings. The number of amides is 1. The van der Waals surface area contributed by atoms with E-state index in [2.05, 4.69) is 0 Å². The molecule has 0 N–H and O–H groups in total. The minimum absolute atomic E-state index is 0.0656. The number of rotatable bonds is 7. The number of benzene rings is 1. The lowest BCUT2D eigenvalue weighted by atomic mass is 10.1. The zero-order valence-corrected chi connectivity index (χ0v) is 16.8. The Labute approximate surface area is 161 Å². The van der Waals surface area contributed by atoms with Crippen molar-refractivity contribution < 1.29 is 17.6 Å². The number of likely N-dealkylation sites (N-methyl/N-ethyl adjacent to an activating group) is 1. The molecule has 1 aromatic carbocycles. The monoisotopic (exact) mass is 396 g/mol. The predicted octanol–water partition coefficient (Wildman–Crippen LogP) is 2.26. The highest BCUT2D eigenvalue weighted by molar-refractivity contribution is 7.91. The quantitative estimate of drug-likeness (QED) is 0.709. The molecule has 1 aromatic rings. The second kappa shape index (κ2) is 8.69. The Morgan fingerprint density at radius 2 is 1.78 bits per heavy atom. The van der Waals surface area contributed by atoms with Crippen molar-refractivity contribution in [2.45, 2.75) is 50.6 Å². The van der Waals surface area contributed by atoms with Gasteiger partial charge < -0.3 is 4.90 Å². The van der Waals surface area contributed by atoms with E-state index in [1.54, 1.807) is 12.1 Å². The standard InChI is InChI=1S/C20H29FN2O3S/c1-22(19-11-13-27(25,26)15-19)14-20(24)23(18-4-2-3-5-18)12-10-16-6-8-17(21)9-7-16/h6-9,18-19H,2-5,10-15H2,1H3. The van der Waals surface area contributed by atoms with E-state index in [1.165, 1.54) is 12.1 Å². The lowest BCUT2D eigenvalue weighted by Gasteiger charge is -2.32. The Kier molecular flexibility index (Phi) is 6.52. The van der Waals surface area contributed by atoms with Crippen LogP contribution in [0.5, 0.6) is 0 Å². The van der Waals surface area contributed by atoms with Crippen LogP contribution in [0.25, 0.3) is 0 Å². The summed E-state index contributed by atoms with van der Waals surface area (Å²) < 4.78 is 36.5. The van der Waals surface area contributed by atoms with Crippen LogP contribution in [-0.4, -0.2) is 67.9 Å². The van der Waals surface area contributed by atoms with Crippen LogP contribution in [0.4, 0.5) is 4.39 Å². The lowest BCUT2D eigenvalue weighted by Crippen LogP contribution is -2.47. The average molecular weight is 397 g/mol. The Morgan fingerprint density at radius 1 is 1.11 bits per heavy atom. The van der Waals surface area contributed by atoms with Crippen LogP contribution in [0, 0.1) is 5.82 Å². The highest BCUT2D eigenvalue weighted by Crippen LogP contribution is 2.24. The van der Waals surface area contributed by atoms with Crippen molar-refractivity contribution in [3.05, 3.63) is 35.6 Å². The molecule has 0 radical (unpaired) electrons. The number of carbonyl (C=O) groups is 1. The van der Waals surface area contributed by atoms with E-state index in [0.717, 1.165) is 31.2 Å². The molecule has 0 aromatic heterocycles. The third-order valence-corrected chi connectivity index (χ3v) is 7.61. The summed E-state index contributed by atoms with van der Waals surface area (Å²) in [5.41, 5.74) is 1.02. The summed E-state index contributed by atoms with van der Waals surface area (Å²) >= 11 is 0. The van der Waals surface area contributed by atoms with E-state index in [0.29, 0.717) is 19.4 Å². The van der Waals surface area contributed by atoms with Gasteiger partial charge in [-0.2, -0.15) is 0 Å². The van der Waals surface area contributed by atoms with Gasteiger partial charge in [-0.1, -0.05) is 25.0 Å². The van der Waals surface area contributed by atoms with Crippen LogP contribution in [0.2, 0.25) is 0 Å². The van der Waals surface area contributed by atoms with Crippen molar-refractivity contribution in [2.75, 3.05) is 31.6 Å². The number of carbonyl (C=O) groups excluding carboxylic acids is 1. The molecule has 5 nitrogen and oxygen atoms in total. The highest BCUT2D eigenvalue weighted by atomic mass is 32.2. The highest BCUT2D eigenvalue weighted by Gasteiger charge is 2.33. The van der Waals surface area contributed by atoms with Gasteiger partial charge in [-0.3, -0.25) is 9.69 Å². The van der Waals surface area contributed by atoms with Gasteiger partial charge >= 0.3 is 0 Å². The second-order valence-corrected chi connectivity index (χ2v) is 10.1. The summed E-state index contributed by atoms with van der Waals surface area (Å²) in [5, 5.41) is 0. The number of nitrogens with zero attached hydrogens (tertiary/aromatic N) is 2. The third-order valence-electron chi connectivity index (χ3n) is 5.86. The molecule has 7 heteroatoms. The first-order valence-corrected chi connectivity index (χ1v) is 11.6. The number of sulfone groups is 1. The van der Waals surface area contributed by atoms with Crippen LogP contribution < -0.4 is 0 Å². The molecule has 150 valence electrons. The van der Waals surface area contributed by atoms with Crippen LogP contribution in [0.3, 0.4) is 0 Å². The maximum atomic E-state index is 13.1. The summed E-state index contributed by atoms with van der Waals surface area (Å²) in [5.74, 6) is 0.175. The molecule has 1 heterocycles. The largest absolute Gasteiger partial charge is 0.338 e. The molecule has 1 amide bonds. The maximum Gasteiger partial charge on any atom is 0.237 e. The van der Waals surface area contributed by atoms with Gasteiger partial charge in [0, 0.05) is 18.6 Å². The first-order valence-electron chi connectivity index (χ1n) is 9.78. The van der Waals surface area contributed by atoms with Crippen LogP contribution in [-0.2, 0) is 21.1 Å². The molecule has 1 saturated heterocycles. The summed E-state index contributed by atoms with van der Waals surface area (Å²) in [7, 11) is -1.12. The molecule has 1 saturated carbocycles. The summed E-state index contributed by atoms with van der Waals surface area (Å²) in [6.07, 6.45) is 5.63. The van der Waals surface area contributed by atoms with Crippen molar-refractivity contribution in [3.8, 4) is 0 Å². The van der Waals surface area contributed by atoms with Crippen molar-refractivity contribution >= 4 is 15.7 Å². The van der Waals surface area contributed by atoms with Gasteiger partial charge in [0.1, 0.15) is 5.82 Å².